The molecular weight excluding hydrogens is 262 g/mol. The van der Waals surface area contributed by atoms with E-state index < -0.39 is 0 Å². The number of piperazine rings is 1. The molecule has 4 heteroatoms. The van der Waals surface area contributed by atoms with Gasteiger partial charge >= 0.3 is 0 Å². The van der Waals surface area contributed by atoms with E-state index >= 15 is 0 Å². The predicted molar refractivity (Wildman–Crippen MR) is 87.8 cm³/mol. The first kappa shape index (κ1) is 16.0. The van der Waals surface area contributed by atoms with Crippen LogP contribution in [0.5, 0.6) is 0 Å². The molecule has 0 radical (unpaired) electrons. The molecule has 21 heavy (non-hydrogen) atoms. The van der Waals surface area contributed by atoms with Gasteiger partial charge in [0, 0.05) is 30.9 Å². The monoisotopic (exact) mass is 289 g/mol. The van der Waals surface area contributed by atoms with E-state index in [4.69, 9.17) is 0 Å². The molecule has 1 aliphatic heterocycles. The Morgan fingerprint density at radius 1 is 1.19 bits per heavy atom. The molecule has 4 nitrogen and oxygen atoms in total. The largest absolute Gasteiger partial charge is 0.324 e. The van der Waals surface area contributed by atoms with Gasteiger partial charge in [-0.25, -0.2) is 0 Å². The molecule has 2 atom stereocenters. The van der Waals surface area contributed by atoms with Crippen LogP contribution in [0.25, 0.3) is 0 Å². The van der Waals surface area contributed by atoms with Crippen LogP contribution in [-0.4, -0.2) is 42.5 Å². The maximum atomic E-state index is 12.3. The lowest BCUT2D eigenvalue weighted by Crippen LogP contribution is -2.55. The highest BCUT2D eigenvalue weighted by molar-refractivity contribution is 5.93. The van der Waals surface area contributed by atoms with Gasteiger partial charge in [0.25, 0.3) is 0 Å². The fraction of sp³-hybridized carbons (Fsp3) is 0.588. The van der Waals surface area contributed by atoms with Gasteiger partial charge in [0.1, 0.15) is 0 Å². The van der Waals surface area contributed by atoms with Gasteiger partial charge in [0.2, 0.25) is 5.91 Å². The highest BCUT2D eigenvalue weighted by atomic mass is 16.2. The Morgan fingerprint density at radius 2 is 1.71 bits per heavy atom. The van der Waals surface area contributed by atoms with Crippen molar-refractivity contribution in [1.29, 1.82) is 0 Å². The van der Waals surface area contributed by atoms with Crippen molar-refractivity contribution in [1.82, 2.24) is 10.2 Å². The zero-order valence-corrected chi connectivity index (χ0v) is 13.8. The van der Waals surface area contributed by atoms with E-state index in [0.717, 1.165) is 29.9 Å². The number of carbonyl (C=O) groups is 1. The lowest BCUT2D eigenvalue weighted by atomic mass is 10.1. The van der Waals surface area contributed by atoms with Gasteiger partial charge in [0.05, 0.1) is 6.54 Å². The van der Waals surface area contributed by atoms with Crippen molar-refractivity contribution >= 4 is 11.6 Å². The number of benzene rings is 1. The van der Waals surface area contributed by atoms with Crippen LogP contribution in [-0.2, 0) is 4.79 Å². The Balaban J connectivity index is 1.99. The molecule has 1 amide bonds. The van der Waals surface area contributed by atoms with E-state index in [1.807, 2.05) is 13.8 Å². The van der Waals surface area contributed by atoms with Crippen LogP contribution < -0.4 is 10.6 Å². The smallest absolute Gasteiger partial charge is 0.238 e. The minimum absolute atomic E-state index is 0.0753. The molecule has 0 spiro atoms. The lowest BCUT2D eigenvalue weighted by Gasteiger charge is -2.35. The topological polar surface area (TPSA) is 44.4 Å². The average molecular weight is 289 g/mol. The summed E-state index contributed by atoms with van der Waals surface area (Å²) in [5, 5.41) is 6.56. The molecule has 0 aromatic heterocycles. The molecular formula is C17H27N3O. The first-order valence-electron chi connectivity index (χ1n) is 7.71. The van der Waals surface area contributed by atoms with Crippen molar-refractivity contribution in [3.05, 3.63) is 28.8 Å². The van der Waals surface area contributed by atoms with Gasteiger partial charge in [-0.2, -0.15) is 0 Å². The van der Waals surface area contributed by atoms with Gasteiger partial charge in [0.15, 0.2) is 0 Å². The summed E-state index contributed by atoms with van der Waals surface area (Å²) in [6.45, 7) is 12.8. The van der Waals surface area contributed by atoms with Crippen LogP contribution >= 0.6 is 0 Å². The van der Waals surface area contributed by atoms with E-state index in [9.17, 15) is 4.79 Å². The van der Waals surface area contributed by atoms with Crippen molar-refractivity contribution in [2.45, 2.75) is 46.7 Å². The third-order valence-electron chi connectivity index (χ3n) is 3.94. The number of hydrogen-bond donors (Lipinski definition) is 2. The maximum Gasteiger partial charge on any atom is 0.238 e. The van der Waals surface area contributed by atoms with Crippen molar-refractivity contribution < 1.29 is 4.79 Å². The van der Waals surface area contributed by atoms with Crippen LogP contribution in [0.1, 0.15) is 30.5 Å². The third kappa shape index (κ3) is 4.29. The number of nitrogens with zero attached hydrogens (tertiary/aromatic N) is 1. The lowest BCUT2D eigenvalue weighted by molar-refractivity contribution is -0.117. The molecule has 1 aromatic rings. The van der Waals surface area contributed by atoms with Crippen molar-refractivity contribution in [3.8, 4) is 0 Å². The van der Waals surface area contributed by atoms with Crippen LogP contribution in [0.3, 0.4) is 0 Å². The number of hydrogen-bond acceptors (Lipinski definition) is 3. The van der Waals surface area contributed by atoms with Gasteiger partial charge in [-0.1, -0.05) is 17.7 Å². The highest BCUT2D eigenvalue weighted by Crippen LogP contribution is 2.21. The average Bonchev–Trinajstić information content (AvgIpc) is 2.32. The second-order valence-corrected chi connectivity index (χ2v) is 6.48. The highest BCUT2D eigenvalue weighted by Gasteiger charge is 2.22. The predicted octanol–water partition coefficient (Wildman–Crippen LogP) is 2.23. The Hall–Kier alpha value is -1.39. The Bertz CT molecular complexity index is 494. The standard InChI is InChI=1S/C17H27N3O/c1-11-6-12(2)17(13(3)7-11)19-16(21)10-20-8-14(4)18-15(5)9-20/h6-7,14-15,18H,8-10H2,1-5H3,(H,19,21). The first-order chi connectivity index (χ1) is 9.85. The molecule has 1 aromatic carbocycles. The first-order valence-corrected chi connectivity index (χ1v) is 7.71. The molecule has 2 rings (SSSR count). The number of aryl methyl sites for hydroxylation is 3. The molecule has 1 fully saturated rings. The van der Waals surface area contributed by atoms with E-state index in [-0.39, 0.29) is 5.91 Å². The fourth-order valence-electron chi connectivity index (χ4n) is 3.33. The summed E-state index contributed by atoms with van der Waals surface area (Å²) in [6.07, 6.45) is 0. The summed E-state index contributed by atoms with van der Waals surface area (Å²) in [5.74, 6) is 0.0753. The summed E-state index contributed by atoms with van der Waals surface area (Å²) in [5.41, 5.74) is 4.44. The van der Waals surface area contributed by atoms with E-state index in [2.05, 4.69) is 48.4 Å². The summed E-state index contributed by atoms with van der Waals surface area (Å²) in [4.78, 5) is 14.5. The minimum atomic E-state index is 0.0753. The Labute approximate surface area is 127 Å². The quantitative estimate of drug-likeness (QED) is 0.897. The van der Waals surface area contributed by atoms with Gasteiger partial charge < -0.3 is 10.6 Å². The normalized spacial score (nSPS) is 23.1. The fourth-order valence-corrected chi connectivity index (χ4v) is 3.33. The molecule has 1 heterocycles. The van der Waals surface area contributed by atoms with Crippen LogP contribution in [0.4, 0.5) is 5.69 Å². The third-order valence-corrected chi connectivity index (χ3v) is 3.94. The molecule has 2 N–H and O–H groups in total. The van der Waals surface area contributed by atoms with Gasteiger partial charge in [-0.15, -0.1) is 0 Å². The second kappa shape index (κ2) is 6.58. The molecule has 1 aliphatic rings. The number of carbonyl (C=O) groups excluding carboxylic acids is 1. The summed E-state index contributed by atoms with van der Waals surface area (Å²) in [7, 11) is 0. The number of rotatable bonds is 3. The molecule has 2 unspecified atom stereocenters. The summed E-state index contributed by atoms with van der Waals surface area (Å²) in [6, 6.07) is 5.09. The second-order valence-electron chi connectivity index (χ2n) is 6.48. The number of anilines is 1. The van der Waals surface area contributed by atoms with Gasteiger partial charge in [-0.3, -0.25) is 9.69 Å². The molecule has 0 bridgehead atoms. The SMILES string of the molecule is Cc1cc(C)c(NC(=O)CN2CC(C)NC(C)C2)c(C)c1. The van der Waals surface area contributed by atoms with E-state index in [0.29, 0.717) is 18.6 Å². The van der Waals surface area contributed by atoms with E-state index in [1.165, 1.54) is 5.56 Å². The maximum absolute atomic E-state index is 12.3. The van der Waals surface area contributed by atoms with E-state index in [1.54, 1.807) is 0 Å². The zero-order valence-electron chi connectivity index (χ0n) is 13.8. The molecule has 0 aliphatic carbocycles. The van der Waals surface area contributed by atoms with Crippen LogP contribution in [0.15, 0.2) is 12.1 Å². The molecule has 0 saturated carbocycles. The Morgan fingerprint density at radius 3 is 2.24 bits per heavy atom. The molecule has 116 valence electrons. The summed E-state index contributed by atoms with van der Waals surface area (Å²) >= 11 is 0. The van der Waals surface area contributed by atoms with Crippen LogP contribution in [0.2, 0.25) is 0 Å². The minimum Gasteiger partial charge on any atom is -0.324 e. The van der Waals surface area contributed by atoms with Crippen molar-refractivity contribution in [2.75, 3.05) is 25.0 Å². The van der Waals surface area contributed by atoms with Crippen molar-refractivity contribution in [2.24, 2.45) is 0 Å². The Kier molecular flexibility index (Phi) is 5.01. The zero-order chi connectivity index (χ0) is 15.6. The van der Waals surface area contributed by atoms with Crippen LogP contribution in [0, 0.1) is 20.8 Å². The van der Waals surface area contributed by atoms with Gasteiger partial charge in [-0.05, 0) is 45.7 Å². The number of amides is 1. The van der Waals surface area contributed by atoms with Crippen molar-refractivity contribution in [3.63, 3.8) is 0 Å². The number of nitrogens with one attached hydrogen (secondary N) is 2. The summed E-state index contributed by atoms with van der Waals surface area (Å²) < 4.78 is 0. The molecule has 1 saturated heterocycles.